The third-order valence-corrected chi connectivity index (χ3v) is 4.45. The molecule has 2 N–H and O–H groups in total. The zero-order chi connectivity index (χ0) is 15.9. The van der Waals surface area contributed by atoms with Gasteiger partial charge in [0, 0.05) is 5.92 Å². The predicted octanol–water partition coefficient (Wildman–Crippen LogP) is 2.35. The van der Waals surface area contributed by atoms with Crippen LogP contribution < -0.4 is 5.32 Å². The molecule has 0 unspecified atom stereocenters. The Hall–Kier alpha value is -1.39. The maximum atomic E-state index is 12.5. The highest BCUT2D eigenvalue weighted by Crippen LogP contribution is 2.26. The van der Waals surface area contributed by atoms with Gasteiger partial charge in [0.15, 0.2) is 0 Å². The fourth-order valence-electron chi connectivity index (χ4n) is 3.02. The number of benzene rings is 1. The zero-order valence-corrected chi connectivity index (χ0v) is 13.7. The van der Waals surface area contributed by atoms with E-state index in [1.54, 1.807) is 0 Å². The van der Waals surface area contributed by atoms with Crippen molar-refractivity contribution in [2.75, 3.05) is 20.6 Å². The van der Waals surface area contributed by atoms with Crippen molar-refractivity contribution in [1.29, 1.82) is 0 Å². The van der Waals surface area contributed by atoms with Gasteiger partial charge in [0.05, 0.1) is 12.1 Å². The first-order valence-corrected chi connectivity index (χ1v) is 8.24. The lowest BCUT2D eigenvalue weighted by Crippen LogP contribution is -2.37. The first-order chi connectivity index (χ1) is 10.6. The van der Waals surface area contributed by atoms with E-state index in [9.17, 15) is 9.90 Å². The molecule has 0 aliphatic heterocycles. The highest BCUT2D eigenvalue weighted by atomic mass is 16.3. The Morgan fingerprint density at radius 1 is 1.23 bits per heavy atom. The lowest BCUT2D eigenvalue weighted by Gasteiger charge is -2.28. The molecule has 0 spiro atoms. The highest BCUT2D eigenvalue weighted by Gasteiger charge is 2.27. The second-order valence-electron chi connectivity index (χ2n) is 6.57. The Morgan fingerprint density at radius 2 is 1.86 bits per heavy atom. The number of aliphatic hydroxyl groups is 1. The summed E-state index contributed by atoms with van der Waals surface area (Å²) in [6, 6.07) is 10.2. The molecule has 0 aromatic heterocycles. The molecule has 0 saturated heterocycles. The summed E-state index contributed by atoms with van der Waals surface area (Å²) in [6.45, 7) is 0.934. The van der Waals surface area contributed by atoms with E-state index in [1.807, 2.05) is 32.3 Å². The Labute approximate surface area is 133 Å². The van der Waals surface area contributed by atoms with Crippen molar-refractivity contribution in [3.63, 3.8) is 0 Å². The van der Waals surface area contributed by atoms with Gasteiger partial charge in [0.25, 0.3) is 0 Å². The van der Waals surface area contributed by atoms with Crippen molar-refractivity contribution in [3.8, 4) is 0 Å². The van der Waals surface area contributed by atoms with E-state index in [-0.39, 0.29) is 24.0 Å². The van der Waals surface area contributed by atoms with Crippen molar-refractivity contribution in [2.45, 2.75) is 44.2 Å². The van der Waals surface area contributed by atoms with Gasteiger partial charge in [-0.15, -0.1) is 0 Å². The van der Waals surface area contributed by atoms with Crippen LogP contribution in [0.1, 0.15) is 43.7 Å². The van der Waals surface area contributed by atoms with Crippen LogP contribution in [0.4, 0.5) is 0 Å². The summed E-state index contributed by atoms with van der Waals surface area (Å²) in [5.41, 5.74) is 1.16. The van der Waals surface area contributed by atoms with Gasteiger partial charge < -0.3 is 15.3 Å². The maximum absolute atomic E-state index is 12.5. The average Bonchev–Trinajstić information content (AvgIpc) is 2.52. The number of hydrogen-bond donors (Lipinski definition) is 2. The molecule has 1 atom stereocenters. The quantitative estimate of drug-likeness (QED) is 0.848. The number of amides is 1. The summed E-state index contributed by atoms with van der Waals surface area (Å²) in [4.78, 5) is 14.7. The number of carbonyl (C=O) groups is 1. The predicted molar refractivity (Wildman–Crippen MR) is 88.5 cm³/mol. The second-order valence-corrected chi connectivity index (χ2v) is 6.57. The van der Waals surface area contributed by atoms with E-state index in [2.05, 4.69) is 22.3 Å². The van der Waals surface area contributed by atoms with Gasteiger partial charge in [-0.2, -0.15) is 0 Å². The molecule has 1 amide bonds. The molecule has 2 rings (SSSR count). The minimum absolute atomic E-state index is 0.0500. The monoisotopic (exact) mass is 304 g/mol. The first-order valence-electron chi connectivity index (χ1n) is 8.24. The number of aliphatic hydroxyl groups excluding tert-OH is 1. The van der Waals surface area contributed by atoms with E-state index in [1.165, 1.54) is 0 Å². The molecule has 0 heterocycles. The van der Waals surface area contributed by atoms with Crippen LogP contribution in [0.25, 0.3) is 0 Å². The van der Waals surface area contributed by atoms with Gasteiger partial charge in [-0.1, -0.05) is 30.3 Å². The van der Waals surface area contributed by atoms with E-state index < -0.39 is 0 Å². The van der Waals surface area contributed by atoms with Crippen LogP contribution in [0.3, 0.4) is 0 Å². The summed E-state index contributed by atoms with van der Waals surface area (Å²) in [7, 11) is 4.10. The smallest absolute Gasteiger partial charge is 0.223 e. The number of nitrogens with zero attached hydrogens (tertiary/aromatic N) is 1. The molecule has 1 aliphatic rings. The molecule has 22 heavy (non-hydrogen) atoms. The molecule has 1 fully saturated rings. The largest absolute Gasteiger partial charge is 0.393 e. The third-order valence-electron chi connectivity index (χ3n) is 4.45. The Morgan fingerprint density at radius 3 is 2.45 bits per heavy atom. The molecule has 4 nitrogen and oxygen atoms in total. The van der Waals surface area contributed by atoms with Crippen LogP contribution in [0.15, 0.2) is 30.3 Å². The number of nitrogens with one attached hydrogen (secondary N) is 1. The van der Waals surface area contributed by atoms with E-state index in [4.69, 9.17) is 0 Å². The van der Waals surface area contributed by atoms with Crippen LogP contribution in [-0.4, -0.2) is 42.7 Å². The van der Waals surface area contributed by atoms with E-state index in [0.29, 0.717) is 0 Å². The maximum Gasteiger partial charge on any atom is 0.223 e. The van der Waals surface area contributed by atoms with Crippen LogP contribution >= 0.6 is 0 Å². The second kappa shape index (κ2) is 8.30. The van der Waals surface area contributed by atoms with Crippen molar-refractivity contribution in [1.82, 2.24) is 10.2 Å². The Bertz CT molecular complexity index is 453. The number of rotatable bonds is 6. The standard InChI is InChI=1S/C18H28N2O2/c1-20(2)13-12-17(14-6-4-3-5-7-14)19-18(22)15-8-10-16(21)11-9-15/h3-7,15-17,21H,8-13H2,1-2H3,(H,19,22)/t15?,16?,17-/m1/s1. The molecule has 1 aromatic rings. The van der Waals surface area contributed by atoms with Crippen LogP contribution in [0.2, 0.25) is 0 Å². The summed E-state index contributed by atoms with van der Waals surface area (Å²) in [6.07, 6.45) is 3.75. The van der Waals surface area contributed by atoms with Crippen molar-refractivity contribution in [3.05, 3.63) is 35.9 Å². The Kier molecular flexibility index (Phi) is 6.40. The van der Waals surface area contributed by atoms with Gasteiger partial charge in [-0.05, 0) is 58.3 Å². The zero-order valence-electron chi connectivity index (χ0n) is 13.7. The lowest BCUT2D eigenvalue weighted by atomic mass is 9.86. The number of hydrogen-bond acceptors (Lipinski definition) is 3. The fourth-order valence-corrected chi connectivity index (χ4v) is 3.02. The molecule has 122 valence electrons. The highest BCUT2D eigenvalue weighted by molar-refractivity contribution is 5.79. The third kappa shape index (κ3) is 5.11. The van der Waals surface area contributed by atoms with Crippen LogP contribution in [0, 0.1) is 5.92 Å². The van der Waals surface area contributed by atoms with Gasteiger partial charge in [0.1, 0.15) is 0 Å². The molecular formula is C18H28N2O2. The summed E-state index contributed by atoms with van der Waals surface area (Å²) in [5, 5.41) is 12.8. The molecule has 1 aliphatic carbocycles. The van der Waals surface area contributed by atoms with Gasteiger partial charge in [0.2, 0.25) is 5.91 Å². The SMILES string of the molecule is CN(C)CC[C@@H](NC(=O)C1CCC(O)CC1)c1ccccc1. The normalized spacial score (nSPS) is 23.3. The molecule has 1 saturated carbocycles. The van der Waals surface area contributed by atoms with Gasteiger partial charge >= 0.3 is 0 Å². The minimum Gasteiger partial charge on any atom is -0.393 e. The summed E-state index contributed by atoms with van der Waals surface area (Å²) >= 11 is 0. The molecule has 0 radical (unpaired) electrons. The number of carbonyl (C=O) groups excluding carboxylic acids is 1. The topological polar surface area (TPSA) is 52.6 Å². The first kappa shape index (κ1) is 17.0. The molecule has 0 bridgehead atoms. The van der Waals surface area contributed by atoms with E-state index in [0.717, 1.165) is 44.2 Å². The van der Waals surface area contributed by atoms with Crippen LogP contribution in [-0.2, 0) is 4.79 Å². The van der Waals surface area contributed by atoms with Crippen LogP contribution in [0.5, 0.6) is 0 Å². The molecule has 4 heteroatoms. The van der Waals surface area contributed by atoms with Gasteiger partial charge in [-0.3, -0.25) is 4.79 Å². The Balaban J connectivity index is 1.98. The average molecular weight is 304 g/mol. The van der Waals surface area contributed by atoms with E-state index >= 15 is 0 Å². The minimum atomic E-state index is -0.220. The van der Waals surface area contributed by atoms with Crippen molar-refractivity contribution in [2.24, 2.45) is 5.92 Å². The van der Waals surface area contributed by atoms with Crippen molar-refractivity contribution >= 4 is 5.91 Å². The summed E-state index contributed by atoms with van der Waals surface area (Å²) in [5.74, 6) is 0.188. The van der Waals surface area contributed by atoms with Gasteiger partial charge in [-0.25, -0.2) is 0 Å². The summed E-state index contributed by atoms with van der Waals surface area (Å²) < 4.78 is 0. The molecular weight excluding hydrogens is 276 g/mol. The lowest BCUT2D eigenvalue weighted by molar-refractivity contribution is -0.127. The fraction of sp³-hybridized carbons (Fsp3) is 0.611. The van der Waals surface area contributed by atoms with Crippen molar-refractivity contribution < 1.29 is 9.90 Å². The molecule has 1 aromatic carbocycles.